The molecule has 0 atom stereocenters. The van der Waals surface area contributed by atoms with Gasteiger partial charge < -0.3 is 4.74 Å². The van der Waals surface area contributed by atoms with Crippen LogP contribution in [-0.2, 0) is 11.0 Å². The Morgan fingerprint density at radius 1 is 0.893 bits per heavy atom. The molecule has 144 valence electrons. The van der Waals surface area contributed by atoms with Crippen molar-refractivity contribution < 1.29 is 22.7 Å². The molecule has 3 aromatic carbocycles. The van der Waals surface area contributed by atoms with Gasteiger partial charge >= 0.3 is 6.18 Å². The average Bonchev–Trinajstić information content (AvgIpc) is 2.71. The van der Waals surface area contributed by atoms with Crippen molar-refractivity contribution in [1.82, 2.24) is 5.43 Å². The Bertz CT molecular complexity index is 944. The maximum absolute atomic E-state index is 12.7. The topological polar surface area (TPSA) is 50.4 Å². The van der Waals surface area contributed by atoms with Crippen molar-refractivity contribution in [3.63, 3.8) is 0 Å². The summed E-state index contributed by atoms with van der Waals surface area (Å²) in [6.07, 6.45) is -4.45. The Kier molecular flexibility index (Phi) is 5.84. The predicted octanol–water partition coefficient (Wildman–Crippen LogP) is 4.89. The van der Waals surface area contributed by atoms with E-state index in [0.29, 0.717) is 5.75 Å². The van der Waals surface area contributed by atoms with Crippen LogP contribution in [0.2, 0.25) is 0 Å². The molecular weight excluding hydrogens is 369 g/mol. The second-order valence-electron chi connectivity index (χ2n) is 5.90. The Hall–Kier alpha value is -3.48. The van der Waals surface area contributed by atoms with E-state index in [0.717, 1.165) is 23.3 Å². The molecule has 3 aromatic rings. The van der Waals surface area contributed by atoms with Gasteiger partial charge in [-0.25, -0.2) is 0 Å². The number of anilines is 1. The predicted molar refractivity (Wildman–Crippen MR) is 101 cm³/mol. The lowest BCUT2D eigenvalue weighted by atomic mass is 10.1. The van der Waals surface area contributed by atoms with Gasteiger partial charge in [0.2, 0.25) is 0 Å². The summed E-state index contributed by atoms with van der Waals surface area (Å²) in [7, 11) is 0. The van der Waals surface area contributed by atoms with Gasteiger partial charge in [-0.05, 0) is 29.8 Å². The summed E-state index contributed by atoms with van der Waals surface area (Å²) >= 11 is 0. The fourth-order valence-corrected chi connectivity index (χ4v) is 2.54. The highest BCUT2D eigenvalue weighted by Gasteiger charge is 2.30. The molecule has 0 aliphatic heterocycles. The molecule has 0 saturated carbocycles. The zero-order valence-corrected chi connectivity index (χ0v) is 14.7. The van der Waals surface area contributed by atoms with E-state index < -0.39 is 17.6 Å². The van der Waals surface area contributed by atoms with E-state index in [1.165, 1.54) is 12.1 Å². The van der Waals surface area contributed by atoms with Crippen LogP contribution in [0, 0.1) is 0 Å². The van der Waals surface area contributed by atoms with E-state index in [4.69, 9.17) is 4.74 Å². The van der Waals surface area contributed by atoms with Crippen LogP contribution in [0.4, 0.5) is 18.9 Å². The number of halogens is 3. The normalized spacial score (nSPS) is 11.0. The Labute approximate surface area is 159 Å². The quantitative estimate of drug-likeness (QED) is 0.593. The number of hydrazine groups is 1. The van der Waals surface area contributed by atoms with E-state index in [1.54, 1.807) is 12.1 Å². The van der Waals surface area contributed by atoms with Crippen molar-refractivity contribution in [3.8, 4) is 16.9 Å². The zero-order chi connectivity index (χ0) is 20.0. The molecule has 0 radical (unpaired) electrons. The summed E-state index contributed by atoms with van der Waals surface area (Å²) in [6.45, 7) is -0.296. The molecule has 0 bridgehead atoms. The molecule has 3 rings (SSSR count). The largest absolute Gasteiger partial charge is 0.483 e. The number of alkyl halides is 3. The van der Waals surface area contributed by atoms with Gasteiger partial charge in [-0.2, -0.15) is 13.2 Å². The van der Waals surface area contributed by atoms with Crippen molar-refractivity contribution in [1.29, 1.82) is 0 Å². The summed E-state index contributed by atoms with van der Waals surface area (Å²) in [5.74, 6) is 0.00296. The number of carbonyl (C=O) groups excluding carboxylic acids is 1. The molecule has 4 nitrogen and oxygen atoms in total. The van der Waals surface area contributed by atoms with Crippen molar-refractivity contribution in [2.45, 2.75) is 6.18 Å². The highest BCUT2D eigenvalue weighted by Crippen LogP contribution is 2.31. The van der Waals surface area contributed by atoms with Crippen molar-refractivity contribution in [3.05, 3.63) is 84.4 Å². The minimum absolute atomic E-state index is 0.118. The van der Waals surface area contributed by atoms with Gasteiger partial charge in [-0.3, -0.25) is 15.6 Å². The Morgan fingerprint density at radius 3 is 2.36 bits per heavy atom. The number of ether oxygens (including phenoxy) is 1. The number of hydrogen-bond acceptors (Lipinski definition) is 3. The lowest BCUT2D eigenvalue weighted by Gasteiger charge is -2.13. The van der Waals surface area contributed by atoms with Gasteiger partial charge in [0, 0.05) is 5.56 Å². The summed E-state index contributed by atoms with van der Waals surface area (Å²) in [5, 5.41) is 0. The SMILES string of the molecule is O=C(COc1ccccc1-c1ccccc1)NNc1cccc(C(F)(F)F)c1. The number of rotatable bonds is 6. The monoisotopic (exact) mass is 386 g/mol. The van der Waals surface area contributed by atoms with Gasteiger partial charge in [0.05, 0.1) is 11.3 Å². The number of amides is 1. The lowest BCUT2D eigenvalue weighted by Crippen LogP contribution is -2.33. The third kappa shape index (κ3) is 5.03. The van der Waals surface area contributed by atoms with Crippen LogP contribution in [0.1, 0.15) is 5.56 Å². The first-order valence-electron chi connectivity index (χ1n) is 8.43. The first-order valence-corrected chi connectivity index (χ1v) is 8.43. The van der Waals surface area contributed by atoms with Gasteiger partial charge in [0.15, 0.2) is 6.61 Å². The Morgan fingerprint density at radius 2 is 1.61 bits per heavy atom. The molecule has 0 unspecified atom stereocenters. The first kappa shape index (κ1) is 19.3. The molecule has 0 aromatic heterocycles. The lowest BCUT2D eigenvalue weighted by molar-refractivity contribution is -0.137. The van der Waals surface area contributed by atoms with Crippen LogP contribution in [0.3, 0.4) is 0 Å². The van der Waals surface area contributed by atoms with Crippen LogP contribution in [0.25, 0.3) is 11.1 Å². The molecule has 0 heterocycles. The van der Waals surface area contributed by atoms with Crippen LogP contribution in [-0.4, -0.2) is 12.5 Å². The summed E-state index contributed by atoms with van der Waals surface area (Å²) < 4.78 is 43.7. The number of carbonyl (C=O) groups is 1. The maximum atomic E-state index is 12.7. The molecule has 1 amide bonds. The number of nitrogens with one attached hydrogen (secondary N) is 2. The van der Waals surface area contributed by atoms with E-state index in [-0.39, 0.29) is 12.3 Å². The smallest absolute Gasteiger partial charge is 0.416 e. The molecule has 0 saturated heterocycles. The summed E-state index contributed by atoms with van der Waals surface area (Å²) in [6, 6.07) is 21.4. The third-order valence-electron chi connectivity index (χ3n) is 3.87. The van der Waals surface area contributed by atoms with Crippen LogP contribution < -0.4 is 15.6 Å². The first-order chi connectivity index (χ1) is 13.4. The molecule has 28 heavy (non-hydrogen) atoms. The molecule has 0 fully saturated rings. The fourth-order valence-electron chi connectivity index (χ4n) is 2.54. The number of benzene rings is 3. The molecule has 0 aliphatic rings. The maximum Gasteiger partial charge on any atom is 0.416 e. The third-order valence-corrected chi connectivity index (χ3v) is 3.87. The van der Waals surface area contributed by atoms with Crippen LogP contribution >= 0.6 is 0 Å². The highest BCUT2D eigenvalue weighted by molar-refractivity contribution is 5.79. The number of hydrogen-bond donors (Lipinski definition) is 2. The van der Waals surface area contributed by atoms with Gasteiger partial charge in [-0.15, -0.1) is 0 Å². The summed E-state index contributed by atoms with van der Waals surface area (Å²) in [4.78, 5) is 12.0. The van der Waals surface area contributed by atoms with Crippen molar-refractivity contribution >= 4 is 11.6 Å². The van der Waals surface area contributed by atoms with Gasteiger partial charge in [0.25, 0.3) is 5.91 Å². The van der Waals surface area contributed by atoms with E-state index in [1.807, 2.05) is 42.5 Å². The molecule has 2 N–H and O–H groups in total. The van der Waals surface area contributed by atoms with E-state index in [9.17, 15) is 18.0 Å². The van der Waals surface area contributed by atoms with Crippen molar-refractivity contribution in [2.75, 3.05) is 12.0 Å². The molecule has 0 spiro atoms. The van der Waals surface area contributed by atoms with Crippen molar-refractivity contribution in [2.24, 2.45) is 0 Å². The molecular formula is C21H17F3N2O2. The molecule has 7 heteroatoms. The minimum atomic E-state index is -4.45. The van der Waals surface area contributed by atoms with E-state index >= 15 is 0 Å². The van der Waals surface area contributed by atoms with Crippen LogP contribution in [0.5, 0.6) is 5.75 Å². The highest BCUT2D eigenvalue weighted by atomic mass is 19.4. The number of para-hydroxylation sites is 1. The fraction of sp³-hybridized carbons (Fsp3) is 0.0952. The minimum Gasteiger partial charge on any atom is -0.483 e. The molecule has 0 aliphatic carbocycles. The van der Waals surface area contributed by atoms with Gasteiger partial charge in [-0.1, -0.05) is 54.6 Å². The second-order valence-corrected chi connectivity index (χ2v) is 5.90. The van der Waals surface area contributed by atoms with E-state index in [2.05, 4.69) is 10.9 Å². The summed E-state index contributed by atoms with van der Waals surface area (Å²) in [5.41, 5.74) is 5.88. The standard InChI is InChI=1S/C21H17F3N2O2/c22-21(23,24)16-9-6-10-17(13-16)25-26-20(27)14-28-19-12-5-4-11-18(19)15-7-2-1-3-8-15/h1-13,25H,14H2,(H,26,27). The zero-order valence-electron chi connectivity index (χ0n) is 14.7. The average molecular weight is 386 g/mol. The van der Waals surface area contributed by atoms with Crippen LogP contribution in [0.15, 0.2) is 78.9 Å². The van der Waals surface area contributed by atoms with Gasteiger partial charge in [0.1, 0.15) is 5.75 Å². The Balaban J connectivity index is 1.59. The second kappa shape index (κ2) is 8.47.